The van der Waals surface area contributed by atoms with Crippen LogP contribution in [0.25, 0.3) is 0 Å². The smallest absolute Gasteiger partial charge is 0.407 e. The summed E-state index contributed by atoms with van der Waals surface area (Å²) in [6.45, 7) is 1.64. The van der Waals surface area contributed by atoms with Crippen LogP contribution in [0.5, 0.6) is 0 Å². The molecule has 0 aromatic rings. The van der Waals surface area contributed by atoms with Gasteiger partial charge < -0.3 is 15.7 Å². The third-order valence-electron chi connectivity index (χ3n) is 2.55. The molecule has 1 aliphatic rings. The van der Waals surface area contributed by atoms with Gasteiger partial charge in [0, 0.05) is 25.0 Å². The standard InChI is InChI=1S/C8H15ClN2O2/c9-7(5-10)6-1-3-11(4-2-6)8(12)13/h6-7H,1-5,10H2,(H,12,13). The first-order valence-electron chi connectivity index (χ1n) is 4.47. The maximum absolute atomic E-state index is 10.6. The lowest BCUT2D eigenvalue weighted by atomic mass is 9.93. The number of hydrogen-bond acceptors (Lipinski definition) is 2. The maximum atomic E-state index is 10.6. The number of likely N-dealkylation sites (tertiary alicyclic amines) is 1. The van der Waals surface area contributed by atoms with Crippen LogP contribution < -0.4 is 5.73 Å². The van der Waals surface area contributed by atoms with Crippen LogP contribution in [-0.2, 0) is 0 Å². The van der Waals surface area contributed by atoms with Crippen molar-refractivity contribution in [2.24, 2.45) is 11.7 Å². The highest BCUT2D eigenvalue weighted by molar-refractivity contribution is 6.21. The van der Waals surface area contributed by atoms with Crippen molar-refractivity contribution < 1.29 is 9.90 Å². The Morgan fingerprint density at radius 1 is 1.62 bits per heavy atom. The third-order valence-corrected chi connectivity index (χ3v) is 3.08. The molecule has 3 N–H and O–H groups in total. The zero-order valence-electron chi connectivity index (χ0n) is 7.45. The summed E-state index contributed by atoms with van der Waals surface area (Å²) in [6.07, 6.45) is 0.826. The van der Waals surface area contributed by atoms with Gasteiger partial charge in [-0.05, 0) is 18.8 Å². The molecule has 0 saturated carbocycles. The summed E-state index contributed by atoms with van der Waals surface area (Å²) < 4.78 is 0. The minimum atomic E-state index is -0.836. The average molecular weight is 207 g/mol. The van der Waals surface area contributed by atoms with Gasteiger partial charge in [-0.2, -0.15) is 0 Å². The van der Waals surface area contributed by atoms with Gasteiger partial charge in [-0.25, -0.2) is 4.79 Å². The van der Waals surface area contributed by atoms with Gasteiger partial charge in [-0.1, -0.05) is 0 Å². The first-order chi connectivity index (χ1) is 6.15. The first kappa shape index (κ1) is 10.6. The van der Waals surface area contributed by atoms with Gasteiger partial charge in [0.25, 0.3) is 0 Å². The highest BCUT2D eigenvalue weighted by Gasteiger charge is 2.26. The molecular weight excluding hydrogens is 192 g/mol. The lowest BCUT2D eigenvalue weighted by Crippen LogP contribution is -2.40. The molecule has 1 rings (SSSR count). The number of carbonyl (C=O) groups is 1. The molecule has 1 heterocycles. The fourth-order valence-electron chi connectivity index (χ4n) is 1.64. The molecule has 0 bridgehead atoms. The van der Waals surface area contributed by atoms with Crippen LogP contribution in [-0.4, -0.2) is 41.1 Å². The number of rotatable bonds is 2. The van der Waals surface area contributed by atoms with E-state index in [0.29, 0.717) is 25.6 Å². The van der Waals surface area contributed by atoms with E-state index in [9.17, 15) is 4.79 Å². The summed E-state index contributed by atoms with van der Waals surface area (Å²) in [7, 11) is 0. The number of piperidine rings is 1. The van der Waals surface area contributed by atoms with Gasteiger partial charge in [0.1, 0.15) is 0 Å². The minimum Gasteiger partial charge on any atom is -0.465 e. The SMILES string of the molecule is NCC(Cl)C1CCN(C(=O)O)CC1. The molecule has 0 aromatic carbocycles. The van der Waals surface area contributed by atoms with Crippen LogP contribution in [0.3, 0.4) is 0 Å². The Morgan fingerprint density at radius 3 is 2.54 bits per heavy atom. The van der Waals surface area contributed by atoms with Crippen molar-refractivity contribution in [1.82, 2.24) is 4.90 Å². The number of halogens is 1. The largest absolute Gasteiger partial charge is 0.465 e. The topological polar surface area (TPSA) is 66.6 Å². The van der Waals surface area contributed by atoms with Gasteiger partial charge in [0.05, 0.1) is 0 Å². The van der Waals surface area contributed by atoms with Crippen LogP contribution >= 0.6 is 11.6 Å². The Kier molecular flexibility index (Phi) is 3.81. The molecular formula is C8H15ClN2O2. The third kappa shape index (κ3) is 2.74. The van der Waals surface area contributed by atoms with Crippen LogP contribution in [0.4, 0.5) is 4.79 Å². The molecule has 5 heteroatoms. The first-order valence-corrected chi connectivity index (χ1v) is 4.90. The molecule has 0 spiro atoms. The highest BCUT2D eigenvalue weighted by Crippen LogP contribution is 2.23. The second-order valence-corrected chi connectivity index (χ2v) is 3.92. The number of nitrogens with zero attached hydrogens (tertiary/aromatic N) is 1. The molecule has 76 valence electrons. The maximum Gasteiger partial charge on any atom is 0.407 e. The molecule has 13 heavy (non-hydrogen) atoms. The van der Waals surface area contributed by atoms with Crippen molar-refractivity contribution in [3.05, 3.63) is 0 Å². The van der Waals surface area contributed by atoms with Crippen molar-refractivity contribution >= 4 is 17.7 Å². The second kappa shape index (κ2) is 4.67. The summed E-state index contributed by atoms with van der Waals surface area (Å²) in [5.74, 6) is 0.377. The lowest BCUT2D eigenvalue weighted by Gasteiger charge is -2.31. The molecule has 1 amide bonds. The van der Waals surface area contributed by atoms with Gasteiger partial charge in [0.2, 0.25) is 0 Å². The monoisotopic (exact) mass is 206 g/mol. The molecule has 1 unspecified atom stereocenters. The van der Waals surface area contributed by atoms with E-state index in [0.717, 1.165) is 12.8 Å². The zero-order chi connectivity index (χ0) is 9.84. The van der Waals surface area contributed by atoms with E-state index in [1.807, 2.05) is 0 Å². The van der Waals surface area contributed by atoms with E-state index in [1.54, 1.807) is 0 Å². The highest BCUT2D eigenvalue weighted by atomic mass is 35.5. The Labute approximate surface area is 82.6 Å². The lowest BCUT2D eigenvalue weighted by molar-refractivity contribution is 0.124. The summed E-state index contributed by atoms with van der Waals surface area (Å²) in [5, 5.41) is 8.68. The van der Waals surface area contributed by atoms with Crippen molar-refractivity contribution in [2.75, 3.05) is 19.6 Å². The van der Waals surface area contributed by atoms with Crippen molar-refractivity contribution in [3.8, 4) is 0 Å². The van der Waals surface area contributed by atoms with Crippen molar-refractivity contribution in [3.63, 3.8) is 0 Å². The fourth-order valence-corrected chi connectivity index (χ4v) is 1.90. The molecule has 0 radical (unpaired) electrons. The molecule has 0 aromatic heterocycles. The van der Waals surface area contributed by atoms with E-state index >= 15 is 0 Å². The molecule has 1 fully saturated rings. The van der Waals surface area contributed by atoms with Crippen molar-refractivity contribution in [1.29, 1.82) is 0 Å². The number of nitrogens with two attached hydrogens (primary N) is 1. The fraction of sp³-hybridized carbons (Fsp3) is 0.875. The molecule has 0 aliphatic carbocycles. The van der Waals surface area contributed by atoms with Gasteiger partial charge in [-0.15, -0.1) is 11.6 Å². The number of carboxylic acid groups (broad SMARTS) is 1. The van der Waals surface area contributed by atoms with E-state index < -0.39 is 6.09 Å². The van der Waals surface area contributed by atoms with E-state index in [2.05, 4.69) is 0 Å². The Balaban J connectivity index is 2.34. The van der Waals surface area contributed by atoms with Crippen LogP contribution in [0, 0.1) is 5.92 Å². The van der Waals surface area contributed by atoms with Crippen LogP contribution in [0.2, 0.25) is 0 Å². The quantitative estimate of drug-likeness (QED) is 0.661. The summed E-state index contributed by atoms with van der Waals surface area (Å²) in [4.78, 5) is 12.0. The molecule has 1 aliphatic heterocycles. The Bertz CT molecular complexity index is 181. The summed E-state index contributed by atoms with van der Waals surface area (Å²) in [5.41, 5.74) is 5.44. The molecule has 1 atom stereocenters. The van der Waals surface area contributed by atoms with Gasteiger partial charge in [-0.3, -0.25) is 0 Å². The van der Waals surface area contributed by atoms with Crippen LogP contribution in [0.1, 0.15) is 12.8 Å². The normalized spacial score (nSPS) is 21.5. The average Bonchev–Trinajstić information content (AvgIpc) is 2.17. The van der Waals surface area contributed by atoms with Gasteiger partial charge >= 0.3 is 6.09 Å². The number of alkyl halides is 1. The zero-order valence-corrected chi connectivity index (χ0v) is 8.20. The Hall–Kier alpha value is -0.480. The molecule has 4 nitrogen and oxygen atoms in total. The molecule has 1 saturated heterocycles. The minimum absolute atomic E-state index is 0.00375. The summed E-state index contributed by atoms with van der Waals surface area (Å²) in [6, 6.07) is 0. The number of hydrogen-bond donors (Lipinski definition) is 2. The predicted molar refractivity (Wildman–Crippen MR) is 51.0 cm³/mol. The van der Waals surface area contributed by atoms with Gasteiger partial charge in [0.15, 0.2) is 0 Å². The summed E-state index contributed by atoms with van der Waals surface area (Å²) >= 11 is 5.98. The van der Waals surface area contributed by atoms with E-state index in [-0.39, 0.29) is 5.38 Å². The van der Waals surface area contributed by atoms with E-state index in [4.69, 9.17) is 22.4 Å². The number of amides is 1. The predicted octanol–water partition coefficient (Wildman–Crippen LogP) is 0.942. The van der Waals surface area contributed by atoms with Crippen molar-refractivity contribution in [2.45, 2.75) is 18.2 Å². The second-order valence-electron chi connectivity index (χ2n) is 3.36. The van der Waals surface area contributed by atoms with E-state index in [1.165, 1.54) is 4.90 Å². The van der Waals surface area contributed by atoms with Crippen LogP contribution in [0.15, 0.2) is 0 Å². The Morgan fingerprint density at radius 2 is 2.15 bits per heavy atom.